The van der Waals surface area contributed by atoms with E-state index in [9.17, 15) is 8.78 Å². The molecule has 0 amide bonds. The summed E-state index contributed by atoms with van der Waals surface area (Å²) in [7, 11) is 0. The third-order valence-corrected chi connectivity index (χ3v) is 5.33. The molecule has 174 valence electrons. The Labute approximate surface area is 190 Å². The van der Waals surface area contributed by atoms with Gasteiger partial charge in [-0.05, 0) is 25.0 Å². The highest BCUT2D eigenvalue weighted by molar-refractivity contribution is 6.10. The molecule has 0 aliphatic carbocycles. The number of aliphatic imine (C=N–C) groups is 1. The maximum absolute atomic E-state index is 14.3. The van der Waals surface area contributed by atoms with Crippen molar-refractivity contribution in [1.29, 1.82) is 0 Å². The minimum atomic E-state index is -0.629. The molecule has 0 fully saturated rings. The predicted octanol–water partition coefficient (Wildman–Crippen LogP) is 3.52. The first-order valence-electron chi connectivity index (χ1n) is 10.4. The second-order valence-corrected chi connectivity index (χ2v) is 8.18. The van der Waals surface area contributed by atoms with Crippen molar-refractivity contribution in [1.82, 2.24) is 15.1 Å². The molecule has 0 saturated heterocycles. The number of allylic oxidation sites excluding steroid dienone is 1. The maximum atomic E-state index is 14.3. The number of aromatic nitrogens is 3. The summed E-state index contributed by atoms with van der Waals surface area (Å²) in [6.45, 7) is 6.19. The van der Waals surface area contributed by atoms with Gasteiger partial charge in [0.1, 0.15) is 17.8 Å². The Morgan fingerprint density at radius 3 is 2.67 bits per heavy atom. The molecule has 5 N–H and O–H groups in total. The van der Waals surface area contributed by atoms with E-state index >= 15 is 0 Å². The molecule has 3 rings (SSSR count). The molecule has 1 unspecified atom stereocenters. The fourth-order valence-electron chi connectivity index (χ4n) is 2.66. The number of nitrogens with zero attached hydrogens (tertiary/aromatic N) is 4. The molecule has 8 nitrogen and oxygen atoms in total. The molecule has 3 aromatic rings. The predicted molar refractivity (Wildman–Crippen MR) is 123 cm³/mol. The van der Waals surface area contributed by atoms with Gasteiger partial charge in [-0.3, -0.25) is 4.99 Å². The highest BCUT2D eigenvalue weighted by Crippen LogP contribution is 2.18. The van der Waals surface area contributed by atoms with E-state index in [4.69, 9.17) is 16.0 Å². The van der Waals surface area contributed by atoms with E-state index < -0.39 is 11.4 Å². The Kier molecular flexibility index (Phi) is 7.49. The molecule has 0 aliphatic rings. The largest absolute Gasteiger partial charge is 0.396 e. The number of rotatable bonds is 9. The number of anilines is 1. The number of benzene rings is 1. The Morgan fingerprint density at radius 2 is 2.00 bits per heavy atom. The minimum absolute atomic E-state index is 0.0139. The van der Waals surface area contributed by atoms with E-state index in [0.717, 1.165) is 6.20 Å². The Bertz CT molecular complexity index is 1140. The molecule has 0 radical (unpaired) electrons. The van der Waals surface area contributed by atoms with E-state index in [1.807, 2.05) is 20.8 Å². The summed E-state index contributed by atoms with van der Waals surface area (Å²) in [5.41, 5.74) is 13.1. The zero-order valence-electron chi connectivity index (χ0n) is 18.7. The lowest BCUT2D eigenvalue weighted by molar-refractivity contribution is 0.358. The number of nitrogens with one attached hydrogen (secondary N) is 1. The standard InChI is InChI=1S/C23H27F2N7O/c1-14(2)23(3,27)13-30-21-17(25)12-29-22(31-21)18(26)10-20(19-8-9-33-32-19)28-11-15-6-4-5-7-16(15)24/h4-10,12,14H,11,13,26-27H2,1-3H3,(H,29,30,31). The summed E-state index contributed by atoms with van der Waals surface area (Å²) in [4.78, 5) is 12.6. The van der Waals surface area contributed by atoms with Crippen LogP contribution in [-0.2, 0) is 6.54 Å². The van der Waals surface area contributed by atoms with E-state index in [0.29, 0.717) is 23.5 Å². The van der Waals surface area contributed by atoms with Gasteiger partial charge in [0.2, 0.25) is 0 Å². The molecular formula is C23H27F2N7O. The molecule has 0 bridgehead atoms. The van der Waals surface area contributed by atoms with Crippen LogP contribution in [0.15, 0.2) is 58.4 Å². The second-order valence-electron chi connectivity index (χ2n) is 8.18. The number of hydrogen-bond acceptors (Lipinski definition) is 8. The molecule has 0 saturated carbocycles. The van der Waals surface area contributed by atoms with Crippen molar-refractivity contribution >= 4 is 17.2 Å². The average molecular weight is 456 g/mol. The minimum Gasteiger partial charge on any atom is -0.396 e. The van der Waals surface area contributed by atoms with Gasteiger partial charge in [0, 0.05) is 23.7 Å². The molecule has 0 aliphatic heterocycles. The van der Waals surface area contributed by atoms with Crippen molar-refractivity contribution < 1.29 is 13.3 Å². The summed E-state index contributed by atoms with van der Waals surface area (Å²) in [6, 6.07) is 7.91. The second kappa shape index (κ2) is 10.3. The van der Waals surface area contributed by atoms with Gasteiger partial charge in [0.05, 0.1) is 24.2 Å². The zero-order chi connectivity index (χ0) is 24.0. The van der Waals surface area contributed by atoms with Crippen LogP contribution in [0.1, 0.15) is 37.9 Å². The lowest BCUT2D eigenvalue weighted by Gasteiger charge is -2.29. The quantitative estimate of drug-likeness (QED) is 0.421. The first-order valence-corrected chi connectivity index (χ1v) is 10.4. The molecule has 1 atom stereocenters. The van der Waals surface area contributed by atoms with E-state index in [-0.39, 0.29) is 35.6 Å². The van der Waals surface area contributed by atoms with Gasteiger partial charge in [-0.1, -0.05) is 37.2 Å². The molecule has 2 aromatic heterocycles. The average Bonchev–Trinajstić information content (AvgIpc) is 3.31. The van der Waals surface area contributed by atoms with E-state index in [2.05, 4.69) is 25.4 Å². The van der Waals surface area contributed by atoms with Crippen LogP contribution in [0.4, 0.5) is 14.6 Å². The fraction of sp³-hybridized carbons (Fsp3) is 0.304. The maximum Gasteiger partial charge on any atom is 0.183 e. The summed E-state index contributed by atoms with van der Waals surface area (Å²) in [5, 5.41) is 6.81. The van der Waals surface area contributed by atoms with Crippen LogP contribution in [0.3, 0.4) is 0 Å². The van der Waals surface area contributed by atoms with Gasteiger partial charge in [-0.25, -0.2) is 18.7 Å². The van der Waals surface area contributed by atoms with Crippen molar-refractivity contribution in [2.75, 3.05) is 11.9 Å². The van der Waals surface area contributed by atoms with E-state index in [1.54, 1.807) is 24.3 Å². The van der Waals surface area contributed by atoms with Crippen molar-refractivity contribution in [3.63, 3.8) is 0 Å². The lowest BCUT2D eigenvalue weighted by atomic mass is 9.90. The van der Waals surface area contributed by atoms with Crippen LogP contribution < -0.4 is 16.8 Å². The third kappa shape index (κ3) is 6.19. The fourth-order valence-corrected chi connectivity index (χ4v) is 2.66. The highest BCUT2D eigenvalue weighted by atomic mass is 19.1. The molecular weight excluding hydrogens is 428 g/mol. The number of nitrogens with two attached hydrogens (primary N) is 2. The van der Waals surface area contributed by atoms with Crippen LogP contribution in [0.25, 0.3) is 5.70 Å². The van der Waals surface area contributed by atoms with Gasteiger partial charge in [0.25, 0.3) is 0 Å². The first kappa shape index (κ1) is 24.0. The Balaban J connectivity index is 1.88. The third-order valence-electron chi connectivity index (χ3n) is 5.33. The van der Waals surface area contributed by atoms with E-state index in [1.165, 1.54) is 18.4 Å². The Hall–Kier alpha value is -3.66. The van der Waals surface area contributed by atoms with Crippen LogP contribution >= 0.6 is 0 Å². The number of hydrogen-bond donors (Lipinski definition) is 3. The topological polar surface area (TPSA) is 128 Å². The summed E-state index contributed by atoms with van der Waals surface area (Å²) >= 11 is 0. The molecule has 10 heteroatoms. The highest BCUT2D eigenvalue weighted by Gasteiger charge is 2.23. The summed E-state index contributed by atoms with van der Waals surface area (Å²) in [5.74, 6) is -0.765. The molecule has 1 aromatic carbocycles. The van der Waals surface area contributed by atoms with Crippen LogP contribution in [0.2, 0.25) is 0 Å². The van der Waals surface area contributed by atoms with Gasteiger partial charge in [0.15, 0.2) is 17.5 Å². The van der Waals surface area contributed by atoms with Crippen LogP contribution in [0.5, 0.6) is 0 Å². The van der Waals surface area contributed by atoms with Crippen molar-refractivity contribution in [3.8, 4) is 0 Å². The molecule has 33 heavy (non-hydrogen) atoms. The van der Waals surface area contributed by atoms with Crippen molar-refractivity contribution in [2.45, 2.75) is 32.9 Å². The first-order chi connectivity index (χ1) is 15.7. The van der Waals surface area contributed by atoms with Gasteiger partial charge in [-0.2, -0.15) is 0 Å². The molecule has 0 spiro atoms. The smallest absolute Gasteiger partial charge is 0.183 e. The van der Waals surface area contributed by atoms with Gasteiger partial charge < -0.3 is 21.3 Å². The summed E-state index contributed by atoms with van der Waals surface area (Å²) < 4.78 is 33.2. The molecule has 2 heterocycles. The summed E-state index contributed by atoms with van der Waals surface area (Å²) in [6.07, 6.45) is 3.89. The van der Waals surface area contributed by atoms with Crippen molar-refractivity contribution in [3.05, 3.63) is 77.6 Å². The van der Waals surface area contributed by atoms with Crippen molar-refractivity contribution in [2.24, 2.45) is 22.4 Å². The van der Waals surface area contributed by atoms with Gasteiger partial charge >= 0.3 is 0 Å². The zero-order valence-corrected chi connectivity index (χ0v) is 18.7. The normalized spacial score (nSPS) is 14.4. The SMILES string of the molecule is CC(C)C(C)(N)CNc1nc(C(N)=CC(=NCc2ccccc2F)c2ccon2)ncc1F. The number of halogens is 2. The Morgan fingerprint density at radius 1 is 1.24 bits per heavy atom. The van der Waals surface area contributed by atoms with Crippen LogP contribution in [0, 0.1) is 17.6 Å². The van der Waals surface area contributed by atoms with Gasteiger partial charge in [-0.15, -0.1) is 0 Å². The lowest BCUT2D eigenvalue weighted by Crippen LogP contribution is -2.48. The monoisotopic (exact) mass is 455 g/mol. The van der Waals surface area contributed by atoms with Crippen LogP contribution in [-0.4, -0.2) is 32.9 Å².